The van der Waals surface area contributed by atoms with Crippen molar-refractivity contribution in [2.45, 2.75) is 26.2 Å². The van der Waals surface area contributed by atoms with Crippen molar-refractivity contribution in [3.8, 4) is 0 Å². The minimum atomic E-state index is -0.896. The van der Waals surface area contributed by atoms with E-state index in [1.165, 1.54) is 25.5 Å². The summed E-state index contributed by atoms with van der Waals surface area (Å²) in [6.45, 7) is 3.17. The van der Waals surface area contributed by atoms with E-state index in [1.807, 2.05) is 0 Å². The molecule has 0 aromatic heterocycles. The summed E-state index contributed by atoms with van der Waals surface area (Å²) >= 11 is 0. The van der Waals surface area contributed by atoms with E-state index in [9.17, 15) is 4.79 Å². The smallest absolute Gasteiger partial charge is 0.329 e. The number of hydrogen-bond acceptors (Lipinski definition) is 2. The van der Waals surface area contributed by atoms with Gasteiger partial charge in [-0.1, -0.05) is 19.8 Å². The minimum absolute atomic E-state index is 0.721. The van der Waals surface area contributed by atoms with Gasteiger partial charge in [-0.2, -0.15) is 0 Å². The second-order valence-corrected chi connectivity index (χ2v) is 3.75. The van der Waals surface area contributed by atoms with Crippen LogP contribution < -0.4 is 5.32 Å². The molecule has 1 aliphatic carbocycles. The quantitative estimate of drug-likeness (QED) is 0.651. The zero-order chi connectivity index (χ0) is 9.68. The minimum Gasteiger partial charge on any atom is -0.478 e. The summed E-state index contributed by atoms with van der Waals surface area (Å²) in [6.07, 6.45) is 6.56. The van der Waals surface area contributed by atoms with Crippen LogP contribution in [0.15, 0.2) is 12.3 Å². The van der Waals surface area contributed by atoms with Gasteiger partial charge in [-0.05, 0) is 18.3 Å². The molecule has 1 rings (SSSR count). The van der Waals surface area contributed by atoms with Gasteiger partial charge in [-0.3, -0.25) is 0 Å². The number of carboxylic acids is 1. The Morgan fingerprint density at radius 1 is 1.62 bits per heavy atom. The summed E-state index contributed by atoms with van der Waals surface area (Å²) in [6, 6.07) is 0. The molecule has 0 aliphatic heterocycles. The highest BCUT2D eigenvalue weighted by molar-refractivity contribution is 5.79. The van der Waals surface area contributed by atoms with Gasteiger partial charge in [0.15, 0.2) is 0 Å². The van der Waals surface area contributed by atoms with Crippen LogP contribution in [0.4, 0.5) is 0 Å². The maximum atomic E-state index is 10.1. The molecule has 2 atom stereocenters. The lowest BCUT2D eigenvalue weighted by atomic mass is 9.98. The molecule has 0 heterocycles. The van der Waals surface area contributed by atoms with Crippen molar-refractivity contribution in [3.05, 3.63) is 12.3 Å². The molecule has 0 radical (unpaired) electrons. The zero-order valence-corrected chi connectivity index (χ0v) is 7.99. The normalized spacial score (nSPS) is 28.1. The predicted molar refractivity (Wildman–Crippen MR) is 51.3 cm³/mol. The zero-order valence-electron chi connectivity index (χ0n) is 7.99. The van der Waals surface area contributed by atoms with Gasteiger partial charge in [0.05, 0.1) is 0 Å². The van der Waals surface area contributed by atoms with Crippen LogP contribution in [0, 0.1) is 11.8 Å². The highest BCUT2D eigenvalue weighted by Crippen LogP contribution is 2.30. The average Bonchev–Trinajstić information content (AvgIpc) is 2.45. The summed E-state index contributed by atoms with van der Waals surface area (Å²) in [5.41, 5.74) is 0. The molecular weight excluding hydrogens is 166 g/mol. The second-order valence-electron chi connectivity index (χ2n) is 3.75. The van der Waals surface area contributed by atoms with Crippen LogP contribution in [0.1, 0.15) is 26.2 Å². The van der Waals surface area contributed by atoms with Crippen molar-refractivity contribution in [1.29, 1.82) is 0 Å². The molecule has 2 N–H and O–H groups in total. The van der Waals surface area contributed by atoms with E-state index >= 15 is 0 Å². The van der Waals surface area contributed by atoms with Crippen LogP contribution in [-0.2, 0) is 4.79 Å². The van der Waals surface area contributed by atoms with Gasteiger partial charge in [0.1, 0.15) is 0 Å². The first-order chi connectivity index (χ1) is 6.20. The van der Waals surface area contributed by atoms with Crippen molar-refractivity contribution in [2.75, 3.05) is 6.54 Å². The number of aliphatic carboxylic acids is 1. The van der Waals surface area contributed by atoms with Gasteiger partial charge in [-0.15, -0.1) is 0 Å². The number of nitrogens with one attached hydrogen (secondary N) is 1. The van der Waals surface area contributed by atoms with E-state index in [0.717, 1.165) is 24.5 Å². The summed E-state index contributed by atoms with van der Waals surface area (Å²) in [5.74, 6) is 0.608. The molecule has 1 saturated carbocycles. The SMILES string of the molecule is CC1CCCC1CN/C=C/C(=O)O. The molecule has 3 heteroatoms. The maximum Gasteiger partial charge on any atom is 0.329 e. The molecule has 1 fully saturated rings. The van der Waals surface area contributed by atoms with E-state index in [2.05, 4.69) is 12.2 Å². The lowest BCUT2D eigenvalue weighted by molar-refractivity contribution is -0.131. The third-order valence-electron chi connectivity index (χ3n) is 2.76. The Morgan fingerprint density at radius 3 is 2.92 bits per heavy atom. The van der Waals surface area contributed by atoms with E-state index in [0.29, 0.717) is 0 Å². The van der Waals surface area contributed by atoms with Crippen LogP contribution in [0.25, 0.3) is 0 Å². The van der Waals surface area contributed by atoms with Crippen molar-refractivity contribution < 1.29 is 9.90 Å². The van der Waals surface area contributed by atoms with Crippen molar-refractivity contribution in [3.63, 3.8) is 0 Å². The van der Waals surface area contributed by atoms with Crippen molar-refractivity contribution in [2.24, 2.45) is 11.8 Å². The van der Waals surface area contributed by atoms with Gasteiger partial charge in [-0.25, -0.2) is 4.79 Å². The first-order valence-corrected chi connectivity index (χ1v) is 4.83. The van der Waals surface area contributed by atoms with Crippen LogP contribution in [0.3, 0.4) is 0 Å². The largest absolute Gasteiger partial charge is 0.478 e. The Labute approximate surface area is 78.8 Å². The molecule has 74 valence electrons. The third kappa shape index (κ3) is 3.49. The van der Waals surface area contributed by atoms with Gasteiger partial charge in [0.2, 0.25) is 0 Å². The fourth-order valence-electron chi connectivity index (χ4n) is 1.88. The first-order valence-electron chi connectivity index (χ1n) is 4.83. The fraction of sp³-hybridized carbons (Fsp3) is 0.700. The van der Waals surface area contributed by atoms with Crippen molar-refractivity contribution >= 4 is 5.97 Å². The summed E-state index contributed by atoms with van der Waals surface area (Å²) in [5, 5.41) is 11.4. The Hall–Kier alpha value is -0.990. The van der Waals surface area contributed by atoms with E-state index in [-0.39, 0.29) is 0 Å². The Balaban J connectivity index is 2.15. The number of hydrogen-bond donors (Lipinski definition) is 2. The molecule has 3 nitrogen and oxygen atoms in total. The number of carbonyl (C=O) groups is 1. The molecular formula is C10H17NO2. The number of rotatable bonds is 4. The molecule has 13 heavy (non-hydrogen) atoms. The lowest BCUT2D eigenvalue weighted by Gasteiger charge is -2.14. The van der Waals surface area contributed by atoms with Gasteiger partial charge >= 0.3 is 5.97 Å². The summed E-state index contributed by atoms with van der Waals surface area (Å²) < 4.78 is 0. The van der Waals surface area contributed by atoms with Crippen LogP contribution in [-0.4, -0.2) is 17.6 Å². The Kier molecular flexibility index (Phi) is 3.80. The highest BCUT2D eigenvalue weighted by atomic mass is 16.4. The van der Waals surface area contributed by atoms with Crippen LogP contribution in [0.2, 0.25) is 0 Å². The maximum absolute atomic E-state index is 10.1. The highest BCUT2D eigenvalue weighted by Gasteiger charge is 2.22. The monoisotopic (exact) mass is 183 g/mol. The average molecular weight is 183 g/mol. The summed E-state index contributed by atoms with van der Waals surface area (Å²) in [7, 11) is 0. The number of carboxylic acid groups (broad SMARTS) is 1. The molecule has 0 amide bonds. The molecule has 0 saturated heterocycles. The topological polar surface area (TPSA) is 49.3 Å². The first kappa shape index (κ1) is 10.1. The van der Waals surface area contributed by atoms with Gasteiger partial charge in [0, 0.05) is 18.8 Å². The third-order valence-corrected chi connectivity index (χ3v) is 2.76. The van der Waals surface area contributed by atoms with Gasteiger partial charge < -0.3 is 10.4 Å². The standard InChI is InChI=1S/C10H17NO2/c1-8-3-2-4-9(8)7-11-6-5-10(12)13/h5-6,8-9,11H,2-4,7H2,1H3,(H,12,13)/b6-5+. The molecule has 0 aromatic rings. The lowest BCUT2D eigenvalue weighted by Crippen LogP contribution is -2.20. The summed E-state index contributed by atoms with van der Waals surface area (Å²) in [4.78, 5) is 10.1. The van der Waals surface area contributed by atoms with Gasteiger partial charge in [0.25, 0.3) is 0 Å². The fourth-order valence-corrected chi connectivity index (χ4v) is 1.88. The molecule has 1 aliphatic rings. The van der Waals surface area contributed by atoms with Crippen molar-refractivity contribution in [1.82, 2.24) is 5.32 Å². The molecule has 0 bridgehead atoms. The predicted octanol–water partition coefficient (Wildman–Crippen LogP) is 1.61. The van der Waals surface area contributed by atoms with Crippen LogP contribution in [0.5, 0.6) is 0 Å². The van der Waals surface area contributed by atoms with E-state index in [1.54, 1.807) is 0 Å². The van der Waals surface area contributed by atoms with Crippen LogP contribution >= 0.6 is 0 Å². The second kappa shape index (κ2) is 4.90. The van der Waals surface area contributed by atoms with E-state index in [4.69, 9.17) is 5.11 Å². The molecule has 0 spiro atoms. The Morgan fingerprint density at radius 2 is 2.38 bits per heavy atom. The van der Waals surface area contributed by atoms with E-state index < -0.39 is 5.97 Å². The molecule has 2 unspecified atom stereocenters. The molecule has 0 aromatic carbocycles. The Bertz CT molecular complexity index is 201.